The molecule has 0 bridgehead atoms. The molecule has 0 saturated heterocycles. The fourth-order valence-electron chi connectivity index (χ4n) is 2.06. The summed E-state index contributed by atoms with van der Waals surface area (Å²) >= 11 is 1.55. The quantitative estimate of drug-likeness (QED) is 0.450. The minimum absolute atomic E-state index is 0.231. The Hall–Kier alpha value is 0.500. The first-order valence-corrected chi connectivity index (χ1v) is 9.94. The third kappa shape index (κ3) is 18.5. The first-order chi connectivity index (χ1) is 10.5. The summed E-state index contributed by atoms with van der Waals surface area (Å²) in [6.45, 7) is 8.78. The molecule has 0 aromatic heterocycles. The molecule has 2 rings (SSSR count). The fourth-order valence-corrected chi connectivity index (χ4v) is 2.41. The van der Waals surface area contributed by atoms with E-state index in [-0.39, 0.29) is 5.54 Å². The van der Waals surface area contributed by atoms with Crippen LogP contribution in [0.1, 0.15) is 91.9 Å². The van der Waals surface area contributed by atoms with E-state index < -0.39 is 0 Å². The molecule has 3 heteroatoms. The van der Waals surface area contributed by atoms with E-state index in [1.165, 1.54) is 57.8 Å². The van der Waals surface area contributed by atoms with Gasteiger partial charge >= 0.3 is 57.0 Å². The third-order valence-corrected chi connectivity index (χ3v) is 5.51. The molecule has 0 spiro atoms. The molecule has 2 saturated carbocycles. The SMILES string of the molecule is CC1CC[CH-]CC1.CCC(C)(C)[N]=[Nb].CO.[CH-]1CCCCC1. The maximum Gasteiger partial charge on any atom is 0.0319 e. The minimum atomic E-state index is 0.231. The van der Waals surface area contributed by atoms with Crippen molar-refractivity contribution in [3.05, 3.63) is 12.8 Å². The molecule has 0 aromatic carbocycles. The molecule has 2 aliphatic carbocycles. The Morgan fingerprint density at radius 2 is 1.45 bits per heavy atom. The van der Waals surface area contributed by atoms with Crippen molar-refractivity contribution in [1.29, 1.82) is 0 Å². The van der Waals surface area contributed by atoms with Gasteiger partial charge in [-0.15, -0.1) is 0 Å². The molecule has 2 aliphatic rings. The molecular formula is C19H39NNbO-2. The first kappa shape index (κ1) is 24.7. The average molecular weight is 390 g/mol. The molecule has 2 nitrogen and oxygen atoms in total. The Kier molecular flexibility index (Phi) is 20.1. The molecule has 22 heavy (non-hydrogen) atoms. The Morgan fingerprint density at radius 1 is 1.00 bits per heavy atom. The van der Waals surface area contributed by atoms with Crippen molar-refractivity contribution in [1.82, 2.24) is 0 Å². The van der Waals surface area contributed by atoms with Crippen molar-refractivity contribution in [2.24, 2.45) is 9.26 Å². The van der Waals surface area contributed by atoms with Gasteiger partial charge in [0.05, 0.1) is 0 Å². The van der Waals surface area contributed by atoms with Crippen LogP contribution in [-0.2, 0) is 20.9 Å². The predicted molar refractivity (Wildman–Crippen MR) is 94.3 cm³/mol. The Morgan fingerprint density at radius 3 is 1.59 bits per heavy atom. The molecular weight excluding hydrogens is 351 g/mol. The summed E-state index contributed by atoms with van der Waals surface area (Å²) in [7, 11) is 1.00. The molecule has 0 aromatic rings. The number of rotatable bonds is 2. The Labute approximate surface area is 152 Å². The summed E-state index contributed by atoms with van der Waals surface area (Å²) in [5.74, 6) is 1.00. The van der Waals surface area contributed by atoms with Crippen LogP contribution in [0.3, 0.4) is 0 Å². The van der Waals surface area contributed by atoms with Gasteiger partial charge in [-0.25, -0.2) is 0 Å². The van der Waals surface area contributed by atoms with Gasteiger partial charge in [-0.05, 0) is 5.92 Å². The van der Waals surface area contributed by atoms with E-state index in [1.807, 2.05) is 0 Å². The summed E-state index contributed by atoms with van der Waals surface area (Å²) in [5.41, 5.74) is 0.231. The number of hydrogen-bond acceptors (Lipinski definition) is 2. The largest absolute Gasteiger partial charge is 0.400 e. The molecule has 1 N–H and O–H groups in total. The van der Waals surface area contributed by atoms with Crippen LogP contribution in [0.25, 0.3) is 0 Å². The topological polar surface area (TPSA) is 32.6 Å². The van der Waals surface area contributed by atoms with Crippen LogP contribution < -0.4 is 0 Å². The van der Waals surface area contributed by atoms with Crippen LogP contribution in [0.5, 0.6) is 0 Å². The number of hydrogen-bond donors (Lipinski definition) is 1. The van der Waals surface area contributed by atoms with Crippen LogP contribution in [0.4, 0.5) is 0 Å². The van der Waals surface area contributed by atoms with Gasteiger partial charge in [0.15, 0.2) is 0 Å². The molecule has 0 radical (unpaired) electrons. The van der Waals surface area contributed by atoms with E-state index in [0.29, 0.717) is 0 Å². The summed E-state index contributed by atoms with van der Waals surface area (Å²) < 4.78 is 4.19. The van der Waals surface area contributed by atoms with Crippen molar-refractivity contribution in [3.8, 4) is 0 Å². The van der Waals surface area contributed by atoms with Gasteiger partial charge in [0, 0.05) is 7.11 Å². The zero-order valence-corrected chi connectivity index (χ0v) is 17.8. The molecule has 133 valence electrons. The summed E-state index contributed by atoms with van der Waals surface area (Å²) in [4.78, 5) is 0. The smallest absolute Gasteiger partial charge is 0.0319 e. The zero-order chi connectivity index (χ0) is 17.3. The normalized spacial score (nSPS) is 18.4. The molecule has 0 amide bonds. The second-order valence-corrected chi connectivity index (χ2v) is 7.23. The molecule has 0 unspecified atom stereocenters. The minimum Gasteiger partial charge on any atom is -0.400 e. The van der Waals surface area contributed by atoms with Crippen molar-refractivity contribution >= 4 is 0 Å². The van der Waals surface area contributed by atoms with Gasteiger partial charge in [-0.1, -0.05) is 39.0 Å². The second kappa shape index (κ2) is 17.8. The monoisotopic (exact) mass is 390 g/mol. The van der Waals surface area contributed by atoms with Crippen molar-refractivity contribution in [2.75, 3.05) is 7.11 Å². The second-order valence-electron chi connectivity index (χ2n) is 6.74. The van der Waals surface area contributed by atoms with Gasteiger partial charge in [0.25, 0.3) is 0 Å². The molecule has 0 aliphatic heterocycles. The van der Waals surface area contributed by atoms with Crippen molar-refractivity contribution < 1.29 is 26.0 Å². The van der Waals surface area contributed by atoms with Crippen LogP contribution in [0.15, 0.2) is 3.34 Å². The maximum absolute atomic E-state index is 7.00. The standard InChI is InChI=1S/C7H13.C6H11.C5H11N.CH4O.Nb/c1-7-5-3-2-4-6-7;1-2-4-6-5-3-1;1-4-5(2,3)6;1-2;/h2,7H,3-6H2,1H3;1H,2-6H2;4H2,1-3H3;2H,1H3;/q2*-1;;;. The van der Waals surface area contributed by atoms with E-state index in [0.717, 1.165) is 19.4 Å². The van der Waals surface area contributed by atoms with Gasteiger partial charge in [-0.2, -0.15) is 25.7 Å². The van der Waals surface area contributed by atoms with E-state index >= 15 is 0 Å². The van der Waals surface area contributed by atoms with E-state index in [9.17, 15) is 0 Å². The van der Waals surface area contributed by atoms with Gasteiger partial charge in [-0.3, -0.25) is 0 Å². The third-order valence-electron chi connectivity index (χ3n) is 4.18. The average Bonchev–Trinajstić information content (AvgIpc) is 2.60. The maximum atomic E-state index is 7.00. The van der Waals surface area contributed by atoms with E-state index in [2.05, 4.69) is 43.9 Å². The van der Waals surface area contributed by atoms with E-state index in [1.54, 1.807) is 20.9 Å². The van der Waals surface area contributed by atoms with Crippen LogP contribution in [-0.4, -0.2) is 17.8 Å². The number of nitrogens with zero attached hydrogens (tertiary/aromatic N) is 1. The predicted octanol–water partition coefficient (Wildman–Crippen LogP) is 6.07. The summed E-state index contributed by atoms with van der Waals surface area (Å²) in [6, 6.07) is 0. The van der Waals surface area contributed by atoms with Crippen LogP contribution in [0.2, 0.25) is 0 Å². The van der Waals surface area contributed by atoms with Gasteiger partial charge in [0.2, 0.25) is 0 Å². The molecule has 0 heterocycles. The zero-order valence-electron chi connectivity index (χ0n) is 15.6. The van der Waals surface area contributed by atoms with E-state index in [4.69, 9.17) is 5.11 Å². The van der Waals surface area contributed by atoms with Gasteiger partial charge in [0.1, 0.15) is 0 Å². The van der Waals surface area contributed by atoms with Crippen molar-refractivity contribution in [2.45, 2.75) is 97.4 Å². The summed E-state index contributed by atoms with van der Waals surface area (Å²) in [6.07, 6.45) is 18.6. The van der Waals surface area contributed by atoms with Crippen molar-refractivity contribution in [3.63, 3.8) is 0 Å². The summed E-state index contributed by atoms with van der Waals surface area (Å²) in [5, 5.41) is 7.00. The van der Waals surface area contributed by atoms with Crippen LogP contribution in [0, 0.1) is 18.8 Å². The Bertz CT molecular complexity index is 210. The Balaban J connectivity index is 0. The molecule has 2 fully saturated rings. The fraction of sp³-hybridized carbons (Fsp3) is 0.895. The first-order valence-electron chi connectivity index (χ1n) is 8.96. The number of aliphatic hydroxyl groups excluding tert-OH is 1. The molecule has 0 atom stereocenters. The number of aliphatic hydroxyl groups is 1. The van der Waals surface area contributed by atoms with Gasteiger partial charge < -0.3 is 17.9 Å². The van der Waals surface area contributed by atoms with Crippen LogP contribution >= 0.6 is 0 Å².